The van der Waals surface area contributed by atoms with Gasteiger partial charge in [-0.15, -0.1) is 11.3 Å². The standard InChI is InChI=1S/C18H16N2O2S/c1-11(2)20-10-13(9-19)14-8-12(4-5-15(14)20)16-6-7-17(23-16)18(21)22-3/h4-8,10-11H,1-3H3. The van der Waals surface area contributed by atoms with E-state index in [4.69, 9.17) is 4.74 Å². The molecule has 0 saturated heterocycles. The molecule has 116 valence electrons. The topological polar surface area (TPSA) is 55.0 Å². The van der Waals surface area contributed by atoms with Crippen LogP contribution >= 0.6 is 11.3 Å². The molecule has 2 aromatic heterocycles. The fraction of sp³-hybridized carbons (Fsp3) is 0.222. The van der Waals surface area contributed by atoms with Crippen molar-refractivity contribution in [1.82, 2.24) is 4.57 Å². The summed E-state index contributed by atoms with van der Waals surface area (Å²) in [5, 5.41) is 10.3. The maximum Gasteiger partial charge on any atom is 0.348 e. The van der Waals surface area contributed by atoms with Crippen molar-refractivity contribution in [3.8, 4) is 16.5 Å². The van der Waals surface area contributed by atoms with Crippen LogP contribution in [0.4, 0.5) is 0 Å². The van der Waals surface area contributed by atoms with Gasteiger partial charge in [-0.2, -0.15) is 5.26 Å². The van der Waals surface area contributed by atoms with Crippen LogP contribution in [0.3, 0.4) is 0 Å². The van der Waals surface area contributed by atoms with E-state index in [0.717, 1.165) is 21.3 Å². The van der Waals surface area contributed by atoms with Gasteiger partial charge < -0.3 is 9.30 Å². The number of hydrogen-bond donors (Lipinski definition) is 0. The van der Waals surface area contributed by atoms with Crippen LogP contribution in [0.15, 0.2) is 36.5 Å². The highest BCUT2D eigenvalue weighted by Crippen LogP contribution is 2.33. The lowest BCUT2D eigenvalue weighted by molar-refractivity contribution is 0.0606. The Bertz CT molecular complexity index is 928. The van der Waals surface area contributed by atoms with Crippen molar-refractivity contribution in [1.29, 1.82) is 5.26 Å². The third-order valence-electron chi connectivity index (χ3n) is 3.79. The molecule has 0 aliphatic heterocycles. The Hall–Kier alpha value is -2.58. The molecule has 1 aromatic carbocycles. The van der Waals surface area contributed by atoms with Crippen molar-refractivity contribution in [2.75, 3.05) is 7.11 Å². The number of rotatable bonds is 3. The molecule has 0 amide bonds. The monoisotopic (exact) mass is 324 g/mol. The van der Waals surface area contributed by atoms with E-state index in [2.05, 4.69) is 24.5 Å². The number of benzene rings is 1. The first kappa shape index (κ1) is 15.3. The molecule has 0 N–H and O–H groups in total. The molecule has 0 bridgehead atoms. The molecular formula is C18H16N2O2S. The second kappa shape index (κ2) is 5.90. The minimum Gasteiger partial charge on any atom is -0.465 e. The molecule has 0 aliphatic carbocycles. The molecule has 0 radical (unpaired) electrons. The van der Waals surface area contributed by atoms with Gasteiger partial charge in [0.15, 0.2) is 0 Å². The number of aromatic nitrogens is 1. The lowest BCUT2D eigenvalue weighted by Gasteiger charge is -2.09. The van der Waals surface area contributed by atoms with Gasteiger partial charge >= 0.3 is 5.97 Å². The van der Waals surface area contributed by atoms with Gasteiger partial charge in [0, 0.05) is 28.0 Å². The molecule has 23 heavy (non-hydrogen) atoms. The van der Waals surface area contributed by atoms with Crippen LogP contribution in [0.1, 0.15) is 35.1 Å². The number of carbonyl (C=O) groups is 1. The van der Waals surface area contributed by atoms with Crippen LogP contribution in [-0.2, 0) is 4.74 Å². The second-order valence-electron chi connectivity index (χ2n) is 5.54. The average molecular weight is 324 g/mol. The minimum absolute atomic E-state index is 0.290. The van der Waals surface area contributed by atoms with Gasteiger partial charge in [0.1, 0.15) is 10.9 Å². The van der Waals surface area contributed by atoms with E-state index < -0.39 is 0 Å². The summed E-state index contributed by atoms with van der Waals surface area (Å²) < 4.78 is 6.85. The number of esters is 1. The number of nitrogens with zero attached hydrogens (tertiary/aromatic N) is 2. The van der Waals surface area contributed by atoms with Gasteiger partial charge in [0.25, 0.3) is 0 Å². The van der Waals surface area contributed by atoms with Gasteiger partial charge in [-0.1, -0.05) is 6.07 Å². The van der Waals surface area contributed by atoms with E-state index in [1.165, 1.54) is 18.4 Å². The van der Waals surface area contributed by atoms with Gasteiger partial charge in [0.05, 0.1) is 12.7 Å². The van der Waals surface area contributed by atoms with E-state index in [-0.39, 0.29) is 12.0 Å². The highest BCUT2D eigenvalue weighted by atomic mass is 32.1. The van der Waals surface area contributed by atoms with Crippen molar-refractivity contribution in [2.45, 2.75) is 19.9 Å². The first-order chi connectivity index (χ1) is 11.0. The van der Waals surface area contributed by atoms with Gasteiger partial charge in [-0.25, -0.2) is 4.79 Å². The van der Waals surface area contributed by atoms with Crippen LogP contribution in [0.2, 0.25) is 0 Å². The Balaban J connectivity index is 2.12. The van der Waals surface area contributed by atoms with Gasteiger partial charge in [-0.3, -0.25) is 0 Å². The molecule has 0 saturated carbocycles. The second-order valence-corrected chi connectivity index (χ2v) is 6.63. The summed E-state index contributed by atoms with van der Waals surface area (Å²) in [6.07, 6.45) is 1.90. The third kappa shape index (κ3) is 2.62. The zero-order valence-electron chi connectivity index (χ0n) is 13.2. The first-order valence-electron chi connectivity index (χ1n) is 7.28. The number of carbonyl (C=O) groups excluding carboxylic acids is 1. The van der Waals surface area contributed by atoms with Crippen molar-refractivity contribution in [3.05, 3.63) is 47.0 Å². The summed E-state index contributed by atoms with van der Waals surface area (Å²) in [4.78, 5) is 13.1. The Morgan fingerprint density at radius 2 is 2.09 bits per heavy atom. The highest BCUT2D eigenvalue weighted by Gasteiger charge is 2.14. The van der Waals surface area contributed by atoms with Crippen LogP contribution in [0, 0.1) is 11.3 Å². The maximum atomic E-state index is 11.6. The Labute approximate surface area is 138 Å². The SMILES string of the molecule is COC(=O)c1ccc(-c2ccc3c(c2)c(C#N)cn3C(C)C)s1. The van der Waals surface area contributed by atoms with E-state index in [9.17, 15) is 10.1 Å². The first-order valence-corrected chi connectivity index (χ1v) is 8.10. The number of methoxy groups -OCH3 is 1. The van der Waals surface area contributed by atoms with Gasteiger partial charge in [0.2, 0.25) is 0 Å². The zero-order chi connectivity index (χ0) is 16.6. The maximum absolute atomic E-state index is 11.6. The third-order valence-corrected chi connectivity index (χ3v) is 4.90. The largest absolute Gasteiger partial charge is 0.465 e. The van der Waals surface area contributed by atoms with Crippen LogP contribution in [-0.4, -0.2) is 17.6 Å². The molecule has 0 unspecified atom stereocenters. The van der Waals surface area contributed by atoms with Crippen molar-refractivity contribution < 1.29 is 9.53 Å². The van der Waals surface area contributed by atoms with Crippen molar-refractivity contribution in [3.63, 3.8) is 0 Å². The number of thiophene rings is 1. The van der Waals surface area contributed by atoms with E-state index >= 15 is 0 Å². The van der Waals surface area contributed by atoms with E-state index in [1.807, 2.05) is 30.5 Å². The normalized spacial score (nSPS) is 10.9. The fourth-order valence-electron chi connectivity index (χ4n) is 2.63. The lowest BCUT2D eigenvalue weighted by Crippen LogP contribution is -1.97. The summed E-state index contributed by atoms with van der Waals surface area (Å²) in [6.45, 7) is 4.19. The molecule has 3 rings (SSSR count). The molecule has 5 heteroatoms. The average Bonchev–Trinajstić information content (AvgIpc) is 3.18. The predicted molar refractivity (Wildman–Crippen MR) is 91.7 cm³/mol. The Morgan fingerprint density at radius 3 is 2.74 bits per heavy atom. The summed E-state index contributed by atoms with van der Waals surface area (Å²) in [6, 6.07) is 12.3. The molecular weight excluding hydrogens is 308 g/mol. The zero-order valence-corrected chi connectivity index (χ0v) is 14.0. The quantitative estimate of drug-likeness (QED) is 0.661. The molecule has 4 nitrogen and oxygen atoms in total. The van der Waals surface area contributed by atoms with Crippen molar-refractivity contribution in [2.24, 2.45) is 0 Å². The molecule has 0 fully saturated rings. The number of fused-ring (bicyclic) bond motifs is 1. The predicted octanol–water partition coefficient (Wildman–Crippen LogP) is 4.61. The molecule has 3 aromatic rings. The number of ether oxygens (including phenoxy) is 1. The van der Waals surface area contributed by atoms with Gasteiger partial charge in [-0.05, 0) is 43.7 Å². The van der Waals surface area contributed by atoms with E-state index in [1.54, 1.807) is 6.07 Å². The molecule has 0 spiro atoms. The summed E-state index contributed by atoms with van der Waals surface area (Å²) in [5.41, 5.74) is 2.71. The Kier molecular flexibility index (Phi) is 3.93. The molecule has 0 aliphatic rings. The van der Waals surface area contributed by atoms with E-state index in [0.29, 0.717) is 10.4 Å². The van der Waals surface area contributed by atoms with Crippen LogP contribution in [0.25, 0.3) is 21.3 Å². The van der Waals surface area contributed by atoms with Crippen LogP contribution < -0.4 is 0 Å². The highest BCUT2D eigenvalue weighted by molar-refractivity contribution is 7.17. The van der Waals surface area contributed by atoms with Crippen molar-refractivity contribution >= 4 is 28.2 Å². The summed E-state index contributed by atoms with van der Waals surface area (Å²) in [5.74, 6) is -0.328. The summed E-state index contributed by atoms with van der Waals surface area (Å²) >= 11 is 1.39. The molecule has 0 atom stereocenters. The lowest BCUT2D eigenvalue weighted by atomic mass is 10.1. The fourth-order valence-corrected chi connectivity index (χ4v) is 3.55. The number of nitriles is 1. The minimum atomic E-state index is -0.328. The molecule has 2 heterocycles. The number of hydrogen-bond acceptors (Lipinski definition) is 4. The smallest absolute Gasteiger partial charge is 0.348 e. The summed E-state index contributed by atoms with van der Waals surface area (Å²) in [7, 11) is 1.38. The van der Waals surface area contributed by atoms with Crippen LogP contribution in [0.5, 0.6) is 0 Å². The Morgan fingerprint density at radius 1 is 1.30 bits per heavy atom.